The lowest BCUT2D eigenvalue weighted by Crippen LogP contribution is -2.32. The third-order valence-electron chi connectivity index (χ3n) is 2.93. The predicted octanol–water partition coefficient (Wildman–Crippen LogP) is 2.24. The van der Waals surface area contributed by atoms with Crippen molar-refractivity contribution in [1.82, 2.24) is 4.90 Å². The highest BCUT2D eigenvalue weighted by molar-refractivity contribution is 8.00. The van der Waals surface area contributed by atoms with Gasteiger partial charge in [-0.25, -0.2) is 0 Å². The first-order valence-corrected chi connectivity index (χ1v) is 8.05. The summed E-state index contributed by atoms with van der Waals surface area (Å²) in [5.41, 5.74) is 0.690. The summed E-state index contributed by atoms with van der Waals surface area (Å²) in [6.07, 6.45) is 0. The number of ether oxygens (including phenoxy) is 1. The molecule has 2 amide bonds. The number of hydrogen-bond acceptors (Lipinski definition) is 4. The highest BCUT2D eigenvalue weighted by Gasteiger charge is 2.11. The van der Waals surface area contributed by atoms with E-state index in [1.807, 2.05) is 26.0 Å². The van der Waals surface area contributed by atoms with Crippen LogP contribution in [-0.2, 0) is 9.59 Å². The molecule has 0 atom stereocenters. The van der Waals surface area contributed by atoms with E-state index in [0.29, 0.717) is 30.3 Å². The Morgan fingerprint density at radius 1 is 1.24 bits per heavy atom. The molecular weight excluding hydrogens is 288 g/mol. The van der Waals surface area contributed by atoms with Gasteiger partial charge in [0, 0.05) is 24.8 Å². The minimum atomic E-state index is -0.124. The van der Waals surface area contributed by atoms with Crippen molar-refractivity contribution in [2.75, 3.05) is 37.0 Å². The molecule has 0 unspecified atom stereocenters. The Balaban J connectivity index is 2.35. The zero-order valence-electron chi connectivity index (χ0n) is 12.7. The van der Waals surface area contributed by atoms with Crippen LogP contribution in [0.25, 0.3) is 0 Å². The SMILES string of the molecule is CCN(CC)C(=O)CSCC(=O)Nc1cccc(OC)c1. The van der Waals surface area contributed by atoms with Crippen LogP contribution in [0.2, 0.25) is 0 Å². The van der Waals surface area contributed by atoms with Crippen molar-refractivity contribution in [3.8, 4) is 5.75 Å². The quantitative estimate of drug-likeness (QED) is 0.800. The first kappa shape index (κ1) is 17.4. The number of hydrogen-bond donors (Lipinski definition) is 1. The summed E-state index contributed by atoms with van der Waals surface area (Å²) in [5, 5.41) is 2.78. The van der Waals surface area contributed by atoms with Crippen LogP contribution in [0, 0.1) is 0 Å². The summed E-state index contributed by atoms with van der Waals surface area (Å²) < 4.78 is 5.09. The molecule has 0 aromatic heterocycles. The molecule has 6 heteroatoms. The molecule has 1 aromatic rings. The van der Waals surface area contributed by atoms with Gasteiger partial charge in [0.25, 0.3) is 0 Å². The van der Waals surface area contributed by atoms with E-state index in [1.54, 1.807) is 24.1 Å². The van der Waals surface area contributed by atoms with Gasteiger partial charge < -0.3 is 15.0 Å². The fraction of sp³-hybridized carbons (Fsp3) is 0.467. The lowest BCUT2D eigenvalue weighted by Gasteiger charge is -2.18. The van der Waals surface area contributed by atoms with E-state index < -0.39 is 0 Å². The Morgan fingerprint density at radius 3 is 2.57 bits per heavy atom. The molecule has 5 nitrogen and oxygen atoms in total. The first-order chi connectivity index (χ1) is 10.1. The smallest absolute Gasteiger partial charge is 0.234 e. The van der Waals surface area contributed by atoms with Gasteiger partial charge in [-0.1, -0.05) is 6.07 Å². The molecule has 1 rings (SSSR count). The minimum absolute atomic E-state index is 0.0687. The van der Waals surface area contributed by atoms with Crippen molar-refractivity contribution >= 4 is 29.3 Å². The fourth-order valence-electron chi connectivity index (χ4n) is 1.80. The van der Waals surface area contributed by atoms with Crippen molar-refractivity contribution in [3.63, 3.8) is 0 Å². The summed E-state index contributed by atoms with van der Waals surface area (Å²) in [6, 6.07) is 7.18. The van der Waals surface area contributed by atoms with Gasteiger partial charge in [-0.15, -0.1) is 11.8 Å². The number of nitrogens with one attached hydrogen (secondary N) is 1. The van der Waals surface area contributed by atoms with Crippen LogP contribution >= 0.6 is 11.8 Å². The standard InChI is InChI=1S/C15H22N2O3S/c1-4-17(5-2)15(19)11-21-10-14(18)16-12-7-6-8-13(9-12)20-3/h6-9H,4-5,10-11H2,1-3H3,(H,16,18). The molecule has 0 fully saturated rings. The van der Waals surface area contributed by atoms with Gasteiger partial charge in [0.15, 0.2) is 0 Å². The number of benzene rings is 1. The summed E-state index contributed by atoms with van der Waals surface area (Å²) in [5.74, 6) is 1.22. The molecule has 0 saturated carbocycles. The molecule has 1 N–H and O–H groups in total. The monoisotopic (exact) mass is 310 g/mol. The lowest BCUT2D eigenvalue weighted by atomic mass is 10.3. The Hall–Kier alpha value is -1.69. The second-order valence-corrected chi connectivity index (χ2v) is 5.32. The summed E-state index contributed by atoms with van der Waals surface area (Å²) in [6.45, 7) is 5.29. The van der Waals surface area contributed by atoms with E-state index in [-0.39, 0.29) is 17.6 Å². The van der Waals surface area contributed by atoms with E-state index in [2.05, 4.69) is 5.32 Å². The molecule has 0 aliphatic heterocycles. The van der Waals surface area contributed by atoms with Crippen molar-refractivity contribution in [2.45, 2.75) is 13.8 Å². The van der Waals surface area contributed by atoms with E-state index in [0.717, 1.165) is 0 Å². The second-order valence-electron chi connectivity index (χ2n) is 4.34. The van der Waals surface area contributed by atoms with E-state index >= 15 is 0 Å². The number of amides is 2. The van der Waals surface area contributed by atoms with Crippen molar-refractivity contribution in [1.29, 1.82) is 0 Å². The normalized spacial score (nSPS) is 10.0. The fourth-order valence-corrected chi connectivity index (χ4v) is 2.51. The van der Waals surface area contributed by atoms with Gasteiger partial charge in [-0.2, -0.15) is 0 Å². The Bertz CT molecular complexity index is 476. The molecular formula is C15H22N2O3S. The number of thioether (sulfide) groups is 1. The van der Waals surface area contributed by atoms with Crippen molar-refractivity contribution < 1.29 is 14.3 Å². The van der Waals surface area contributed by atoms with Crippen LogP contribution in [0.3, 0.4) is 0 Å². The second kappa shape index (κ2) is 9.28. The average Bonchev–Trinajstić information content (AvgIpc) is 2.48. The van der Waals surface area contributed by atoms with Gasteiger partial charge in [0.2, 0.25) is 11.8 Å². The van der Waals surface area contributed by atoms with Gasteiger partial charge in [-0.3, -0.25) is 9.59 Å². The Labute approximate surface area is 130 Å². The van der Waals surface area contributed by atoms with Crippen LogP contribution in [0.1, 0.15) is 13.8 Å². The van der Waals surface area contributed by atoms with Crippen LogP contribution in [-0.4, -0.2) is 48.4 Å². The summed E-state index contributed by atoms with van der Waals surface area (Å²) in [4.78, 5) is 25.3. The largest absolute Gasteiger partial charge is 0.497 e. The summed E-state index contributed by atoms with van der Waals surface area (Å²) >= 11 is 1.32. The summed E-state index contributed by atoms with van der Waals surface area (Å²) in [7, 11) is 1.58. The number of anilines is 1. The molecule has 0 saturated heterocycles. The number of nitrogens with zero attached hydrogens (tertiary/aromatic N) is 1. The average molecular weight is 310 g/mol. The molecule has 0 aliphatic carbocycles. The Kier molecular flexibility index (Phi) is 7.68. The lowest BCUT2D eigenvalue weighted by molar-refractivity contribution is -0.127. The maximum Gasteiger partial charge on any atom is 0.234 e. The van der Waals surface area contributed by atoms with Crippen molar-refractivity contribution in [2.24, 2.45) is 0 Å². The predicted molar refractivity (Wildman–Crippen MR) is 86.9 cm³/mol. The zero-order chi connectivity index (χ0) is 15.7. The van der Waals surface area contributed by atoms with Crippen LogP contribution in [0.5, 0.6) is 5.75 Å². The van der Waals surface area contributed by atoms with Crippen LogP contribution in [0.15, 0.2) is 24.3 Å². The molecule has 1 aromatic carbocycles. The first-order valence-electron chi connectivity index (χ1n) is 6.90. The maximum absolute atomic E-state index is 11.8. The van der Waals surface area contributed by atoms with Crippen molar-refractivity contribution in [3.05, 3.63) is 24.3 Å². The molecule has 0 radical (unpaired) electrons. The number of methoxy groups -OCH3 is 1. The number of rotatable bonds is 8. The van der Waals surface area contributed by atoms with Gasteiger partial charge in [0.05, 0.1) is 18.6 Å². The van der Waals surface area contributed by atoms with Crippen LogP contribution < -0.4 is 10.1 Å². The highest BCUT2D eigenvalue weighted by Crippen LogP contribution is 2.17. The van der Waals surface area contributed by atoms with Gasteiger partial charge in [0.1, 0.15) is 5.75 Å². The van der Waals surface area contributed by atoms with E-state index in [1.165, 1.54) is 11.8 Å². The number of carbonyl (C=O) groups is 2. The zero-order valence-corrected chi connectivity index (χ0v) is 13.5. The highest BCUT2D eigenvalue weighted by atomic mass is 32.2. The third kappa shape index (κ3) is 6.08. The molecule has 0 spiro atoms. The number of carbonyl (C=O) groups excluding carboxylic acids is 2. The minimum Gasteiger partial charge on any atom is -0.497 e. The molecule has 116 valence electrons. The van der Waals surface area contributed by atoms with Gasteiger partial charge >= 0.3 is 0 Å². The van der Waals surface area contributed by atoms with Crippen LogP contribution in [0.4, 0.5) is 5.69 Å². The molecule has 0 aliphatic rings. The molecule has 21 heavy (non-hydrogen) atoms. The molecule has 0 bridgehead atoms. The Morgan fingerprint density at radius 2 is 1.95 bits per heavy atom. The van der Waals surface area contributed by atoms with E-state index in [4.69, 9.17) is 4.74 Å². The topological polar surface area (TPSA) is 58.6 Å². The van der Waals surface area contributed by atoms with E-state index in [9.17, 15) is 9.59 Å². The molecule has 0 heterocycles. The van der Waals surface area contributed by atoms with Gasteiger partial charge in [-0.05, 0) is 26.0 Å². The third-order valence-corrected chi connectivity index (χ3v) is 3.85. The maximum atomic E-state index is 11.8.